The fourth-order valence-electron chi connectivity index (χ4n) is 1.10. The normalized spacial score (nSPS) is 12.2. The number of carbonyl (C=O) groups is 1. The minimum Gasteiger partial charge on any atom is -0.351 e. The summed E-state index contributed by atoms with van der Waals surface area (Å²) in [6.07, 6.45) is 1.52. The van der Waals surface area contributed by atoms with Crippen LogP contribution in [0.5, 0.6) is 0 Å². The van der Waals surface area contributed by atoms with Gasteiger partial charge in [0.1, 0.15) is 5.15 Å². The Balaban J connectivity index is 2.58. The molecule has 0 aliphatic heterocycles. The summed E-state index contributed by atoms with van der Waals surface area (Å²) in [5.41, 5.74) is 0.309. The van der Waals surface area contributed by atoms with E-state index in [4.69, 9.17) is 11.6 Å². The maximum absolute atomic E-state index is 11.7. The number of rotatable bonds is 5. The highest BCUT2D eigenvalue weighted by Gasteiger charge is 2.11. The standard InChI is InChI=1S/C10H12BrClN2O2S/c1-2-17(16)4-3-13-10(15)8-5-7(11)6-14-9(8)12/h5-6H,2-4H2,1H3,(H,13,15). The van der Waals surface area contributed by atoms with Gasteiger partial charge in [0.25, 0.3) is 5.91 Å². The Morgan fingerprint density at radius 1 is 1.65 bits per heavy atom. The average molecular weight is 340 g/mol. The van der Waals surface area contributed by atoms with Crippen molar-refractivity contribution >= 4 is 44.2 Å². The van der Waals surface area contributed by atoms with Crippen LogP contribution in [0, 0.1) is 0 Å². The molecular weight excluding hydrogens is 328 g/mol. The monoisotopic (exact) mass is 338 g/mol. The predicted octanol–water partition coefficient (Wildman–Crippen LogP) is 2.00. The van der Waals surface area contributed by atoms with E-state index in [2.05, 4.69) is 26.2 Å². The zero-order valence-corrected chi connectivity index (χ0v) is 12.4. The molecule has 1 atom stereocenters. The van der Waals surface area contributed by atoms with Crippen LogP contribution in [0.25, 0.3) is 0 Å². The molecule has 7 heteroatoms. The predicted molar refractivity (Wildman–Crippen MR) is 72.8 cm³/mol. The number of amides is 1. The second kappa shape index (κ2) is 7.08. The Bertz CT molecular complexity index is 442. The molecule has 1 aromatic heterocycles. The van der Waals surface area contributed by atoms with Crippen LogP contribution in [0.3, 0.4) is 0 Å². The minimum atomic E-state index is -0.882. The summed E-state index contributed by atoms with van der Waals surface area (Å²) in [5, 5.41) is 2.81. The average Bonchev–Trinajstić information content (AvgIpc) is 2.31. The van der Waals surface area contributed by atoms with Gasteiger partial charge in [-0.05, 0) is 22.0 Å². The molecule has 0 saturated heterocycles. The minimum absolute atomic E-state index is 0.155. The van der Waals surface area contributed by atoms with E-state index >= 15 is 0 Å². The second-order valence-corrected chi connectivity index (χ2v) is 6.32. The fraction of sp³-hybridized carbons (Fsp3) is 0.400. The van der Waals surface area contributed by atoms with Crippen LogP contribution in [-0.2, 0) is 10.8 Å². The van der Waals surface area contributed by atoms with Crippen LogP contribution in [0.15, 0.2) is 16.7 Å². The number of halogens is 2. The van der Waals surface area contributed by atoms with E-state index < -0.39 is 10.8 Å². The van der Waals surface area contributed by atoms with Crippen LogP contribution < -0.4 is 5.32 Å². The van der Waals surface area contributed by atoms with Crippen LogP contribution in [0.1, 0.15) is 17.3 Å². The van der Waals surface area contributed by atoms with E-state index in [1.807, 2.05) is 6.92 Å². The van der Waals surface area contributed by atoms with E-state index in [1.54, 1.807) is 6.07 Å². The van der Waals surface area contributed by atoms with Gasteiger partial charge in [-0.15, -0.1) is 0 Å². The number of nitrogens with one attached hydrogen (secondary N) is 1. The number of hydrogen-bond acceptors (Lipinski definition) is 3. The van der Waals surface area contributed by atoms with E-state index in [1.165, 1.54) is 6.20 Å². The first kappa shape index (κ1) is 14.6. The summed E-state index contributed by atoms with van der Waals surface area (Å²) in [7, 11) is -0.882. The van der Waals surface area contributed by atoms with Gasteiger partial charge in [-0.25, -0.2) is 4.98 Å². The number of carbonyl (C=O) groups excluding carboxylic acids is 1. The summed E-state index contributed by atoms with van der Waals surface area (Å²) >= 11 is 9.02. The molecule has 4 nitrogen and oxygen atoms in total. The molecule has 0 saturated carbocycles. The molecule has 0 fully saturated rings. The first-order chi connectivity index (χ1) is 8.04. The van der Waals surface area contributed by atoms with Crippen molar-refractivity contribution in [1.29, 1.82) is 0 Å². The second-order valence-electron chi connectivity index (χ2n) is 3.18. The lowest BCUT2D eigenvalue weighted by Gasteiger charge is -2.06. The third-order valence-electron chi connectivity index (χ3n) is 1.99. The van der Waals surface area contributed by atoms with E-state index in [0.717, 1.165) is 0 Å². The third kappa shape index (κ3) is 4.73. The van der Waals surface area contributed by atoms with Crippen molar-refractivity contribution in [3.63, 3.8) is 0 Å². The van der Waals surface area contributed by atoms with Gasteiger partial charge in [-0.2, -0.15) is 0 Å². The number of hydrogen-bond donors (Lipinski definition) is 1. The molecule has 94 valence electrons. The van der Waals surface area contributed by atoms with Crippen molar-refractivity contribution in [1.82, 2.24) is 10.3 Å². The van der Waals surface area contributed by atoms with Crippen molar-refractivity contribution in [2.24, 2.45) is 0 Å². The molecule has 0 aliphatic rings. The van der Waals surface area contributed by atoms with Crippen molar-refractivity contribution < 1.29 is 9.00 Å². The van der Waals surface area contributed by atoms with E-state index in [9.17, 15) is 9.00 Å². The van der Waals surface area contributed by atoms with Crippen molar-refractivity contribution in [3.8, 4) is 0 Å². The quantitative estimate of drug-likeness (QED) is 0.835. The zero-order valence-electron chi connectivity index (χ0n) is 9.20. The Labute approximate surface area is 116 Å². The molecule has 0 aliphatic carbocycles. The lowest BCUT2D eigenvalue weighted by Crippen LogP contribution is -2.28. The van der Waals surface area contributed by atoms with Gasteiger partial charge in [-0.1, -0.05) is 18.5 Å². The summed E-state index contributed by atoms with van der Waals surface area (Å²) in [6.45, 7) is 2.20. The highest BCUT2D eigenvalue weighted by molar-refractivity contribution is 9.10. The molecular formula is C10H12BrClN2O2S. The van der Waals surface area contributed by atoms with Crippen LogP contribution in [0.4, 0.5) is 0 Å². The molecule has 0 bridgehead atoms. The molecule has 0 aromatic carbocycles. The Morgan fingerprint density at radius 3 is 3.00 bits per heavy atom. The summed E-state index contributed by atoms with van der Waals surface area (Å²) in [5.74, 6) is 0.730. The maximum atomic E-state index is 11.7. The SMILES string of the molecule is CCS(=O)CCNC(=O)c1cc(Br)cnc1Cl. The van der Waals surface area contributed by atoms with Crippen LogP contribution in [0.2, 0.25) is 5.15 Å². The Kier molecular flexibility index (Phi) is 6.08. The first-order valence-electron chi connectivity index (χ1n) is 4.98. The molecule has 1 aromatic rings. The lowest BCUT2D eigenvalue weighted by atomic mass is 10.3. The Hall–Kier alpha value is -0.460. The first-order valence-corrected chi connectivity index (χ1v) is 7.64. The van der Waals surface area contributed by atoms with Crippen molar-refractivity contribution in [3.05, 3.63) is 27.5 Å². The molecule has 1 unspecified atom stereocenters. The topological polar surface area (TPSA) is 59.1 Å². The van der Waals surface area contributed by atoms with Crippen molar-refractivity contribution in [2.75, 3.05) is 18.1 Å². The Morgan fingerprint density at radius 2 is 2.35 bits per heavy atom. The summed E-state index contributed by atoms with van der Waals surface area (Å²) < 4.78 is 11.8. The van der Waals surface area contributed by atoms with Crippen molar-refractivity contribution in [2.45, 2.75) is 6.92 Å². The van der Waals surface area contributed by atoms with Gasteiger partial charge in [0.15, 0.2) is 0 Å². The molecule has 1 N–H and O–H groups in total. The number of nitrogens with zero attached hydrogens (tertiary/aromatic N) is 1. The van der Waals surface area contributed by atoms with Gasteiger partial charge >= 0.3 is 0 Å². The highest BCUT2D eigenvalue weighted by Crippen LogP contribution is 2.17. The lowest BCUT2D eigenvalue weighted by molar-refractivity contribution is 0.0956. The van der Waals surface area contributed by atoms with Gasteiger partial charge in [0.05, 0.1) is 5.56 Å². The molecule has 1 amide bonds. The molecule has 1 heterocycles. The van der Waals surface area contributed by atoms with Gasteiger partial charge < -0.3 is 5.32 Å². The summed E-state index contributed by atoms with van der Waals surface area (Å²) in [6, 6.07) is 1.60. The number of pyridine rings is 1. The number of aromatic nitrogens is 1. The van der Waals surface area contributed by atoms with Gasteiger partial charge in [0, 0.05) is 39.5 Å². The fourth-order valence-corrected chi connectivity index (χ4v) is 2.24. The van der Waals surface area contributed by atoms with Gasteiger partial charge in [-0.3, -0.25) is 9.00 Å². The molecule has 17 heavy (non-hydrogen) atoms. The van der Waals surface area contributed by atoms with E-state index in [-0.39, 0.29) is 11.1 Å². The zero-order chi connectivity index (χ0) is 12.8. The molecule has 0 spiro atoms. The highest BCUT2D eigenvalue weighted by atomic mass is 79.9. The van der Waals surface area contributed by atoms with E-state index in [0.29, 0.717) is 28.1 Å². The molecule has 1 rings (SSSR count). The van der Waals surface area contributed by atoms with Crippen LogP contribution in [-0.4, -0.2) is 33.2 Å². The third-order valence-corrected chi connectivity index (χ3v) is 4.03. The molecule has 0 radical (unpaired) electrons. The smallest absolute Gasteiger partial charge is 0.254 e. The van der Waals surface area contributed by atoms with Gasteiger partial charge in [0.2, 0.25) is 0 Å². The summed E-state index contributed by atoms with van der Waals surface area (Å²) in [4.78, 5) is 15.6. The maximum Gasteiger partial charge on any atom is 0.254 e. The largest absolute Gasteiger partial charge is 0.351 e. The van der Waals surface area contributed by atoms with Crippen LogP contribution >= 0.6 is 27.5 Å².